The number of piperidine rings is 1. The van der Waals surface area contributed by atoms with Crippen LogP contribution in [0.2, 0.25) is 0 Å². The highest BCUT2D eigenvalue weighted by atomic mass is 16.2. The maximum atomic E-state index is 12.3. The van der Waals surface area contributed by atoms with E-state index in [2.05, 4.69) is 16.3 Å². The van der Waals surface area contributed by atoms with Gasteiger partial charge in [0.25, 0.3) is 0 Å². The molecule has 0 aromatic carbocycles. The second kappa shape index (κ2) is 9.19. The number of nitrogens with two attached hydrogens (primary N) is 1. The molecule has 139 valence electrons. The molecule has 25 heavy (non-hydrogen) atoms. The average Bonchev–Trinajstić information content (AvgIpc) is 2.60. The van der Waals surface area contributed by atoms with Crippen molar-refractivity contribution in [1.82, 2.24) is 10.2 Å². The molecule has 1 heterocycles. The van der Waals surface area contributed by atoms with E-state index in [1.54, 1.807) is 6.42 Å². The Balaban J connectivity index is 1.81. The van der Waals surface area contributed by atoms with Crippen LogP contribution in [0.25, 0.3) is 0 Å². The highest BCUT2D eigenvalue weighted by Gasteiger charge is 2.39. The molecule has 1 aliphatic heterocycles. The fourth-order valence-corrected chi connectivity index (χ4v) is 4.10. The number of amides is 2. The highest BCUT2D eigenvalue weighted by Crippen LogP contribution is 2.29. The lowest BCUT2D eigenvalue weighted by atomic mass is 9.83. The molecule has 0 spiro atoms. The smallest absolute Gasteiger partial charge is 0.225 e. The van der Waals surface area contributed by atoms with Gasteiger partial charge in [-0.1, -0.05) is 32.1 Å². The molecule has 6 heteroatoms. The number of nitrogens with one attached hydrogen (secondary N) is 1. The Labute approximate surface area is 151 Å². The zero-order valence-corrected chi connectivity index (χ0v) is 15.3. The van der Waals surface area contributed by atoms with Crippen LogP contribution in [0.3, 0.4) is 0 Å². The summed E-state index contributed by atoms with van der Waals surface area (Å²) >= 11 is 0. The standard InChI is InChI=1S/C19H31N4O2/c1-15-13-19(14-20,10-12-23(15)11-9-17(21)24)22-18(25)8-7-16-5-3-2-4-6-16/h8,15-16H,2-7,9-13H2,1H3,(H2,21,24)(H,22,25). The molecule has 0 aromatic heterocycles. The van der Waals surface area contributed by atoms with Gasteiger partial charge in [-0.2, -0.15) is 5.26 Å². The van der Waals surface area contributed by atoms with Gasteiger partial charge in [0.05, 0.1) is 6.07 Å². The van der Waals surface area contributed by atoms with Crippen molar-refractivity contribution in [2.45, 2.75) is 76.3 Å². The van der Waals surface area contributed by atoms with Gasteiger partial charge in [-0.3, -0.25) is 14.5 Å². The Hall–Kier alpha value is -1.61. The molecule has 2 amide bonds. The predicted molar refractivity (Wildman–Crippen MR) is 96.1 cm³/mol. The Bertz CT molecular complexity index is 510. The number of carbonyl (C=O) groups excluding carboxylic acids is 2. The van der Waals surface area contributed by atoms with Gasteiger partial charge >= 0.3 is 0 Å². The molecular weight excluding hydrogens is 316 g/mol. The molecular formula is C19H31N4O2. The summed E-state index contributed by atoms with van der Waals surface area (Å²) in [5.41, 5.74) is 4.41. The maximum Gasteiger partial charge on any atom is 0.225 e. The van der Waals surface area contributed by atoms with Crippen molar-refractivity contribution >= 4 is 11.8 Å². The first-order valence-electron chi connectivity index (χ1n) is 9.53. The van der Waals surface area contributed by atoms with Crippen molar-refractivity contribution in [3.8, 4) is 6.07 Å². The number of nitrogens with zero attached hydrogens (tertiary/aromatic N) is 2. The highest BCUT2D eigenvalue weighted by molar-refractivity contribution is 5.85. The van der Waals surface area contributed by atoms with E-state index in [0.29, 0.717) is 38.3 Å². The fraction of sp³-hybridized carbons (Fsp3) is 0.789. The molecule has 2 atom stereocenters. The monoisotopic (exact) mass is 347 g/mol. The van der Waals surface area contributed by atoms with Crippen LogP contribution >= 0.6 is 0 Å². The molecule has 1 radical (unpaired) electrons. The zero-order chi connectivity index (χ0) is 18.3. The van der Waals surface area contributed by atoms with Crippen molar-refractivity contribution in [2.75, 3.05) is 13.1 Å². The molecule has 2 fully saturated rings. The Morgan fingerprint density at radius 2 is 2.08 bits per heavy atom. The molecule has 2 unspecified atom stereocenters. The SMILES string of the molecule is CC1CC(C#N)(NC(=O)[CH]CC2CCCCC2)CCN1CCC(N)=O. The lowest BCUT2D eigenvalue weighted by Crippen LogP contribution is -2.57. The van der Waals surface area contributed by atoms with Gasteiger partial charge in [-0.05, 0) is 32.1 Å². The lowest BCUT2D eigenvalue weighted by Gasteiger charge is -2.42. The third-order valence-corrected chi connectivity index (χ3v) is 5.68. The van der Waals surface area contributed by atoms with Crippen LogP contribution in [0.5, 0.6) is 0 Å². The Morgan fingerprint density at radius 3 is 2.68 bits per heavy atom. The normalized spacial score (nSPS) is 28.2. The number of hydrogen-bond acceptors (Lipinski definition) is 4. The van der Waals surface area contributed by atoms with Gasteiger partial charge in [0, 0.05) is 32.0 Å². The number of rotatable bonds is 7. The number of nitriles is 1. The van der Waals surface area contributed by atoms with Crippen molar-refractivity contribution in [3.63, 3.8) is 0 Å². The van der Waals surface area contributed by atoms with Crippen LogP contribution in [0.4, 0.5) is 0 Å². The van der Waals surface area contributed by atoms with Gasteiger partial charge in [0.1, 0.15) is 5.54 Å². The van der Waals surface area contributed by atoms with Gasteiger partial charge in [0.2, 0.25) is 11.8 Å². The van der Waals surface area contributed by atoms with E-state index >= 15 is 0 Å². The molecule has 2 rings (SSSR count). The summed E-state index contributed by atoms with van der Waals surface area (Å²) in [6.45, 7) is 3.33. The Morgan fingerprint density at radius 1 is 1.36 bits per heavy atom. The van der Waals surface area contributed by atoms with Crippen LogP contribution in [-0.4, -0.2) is 41.4 Å². The maximum absolute atomic E-state index is 12.3. The van der Waals surface area contributed by atoms with Crippen molar-refractivity contribution < 1.29 is 9.59 Å². The van der Waals surface area contributed by atoms with E-state index in [1.165, 1.54) is 32.1 Å². The first kappa shape index (κ1) is 19.7. The van der Waals surface area contributed by atoms with Gasteiger partial charge in [-0.15, -0.1) is 0 Å². The van der Waals surface area contributed by atoms with Crippen LogP contribution < -0.4 is 11.1 Å². The van der Waals surface area contributed by atoms with Crippen LogP contribution in [-0.2, 0) is 9.59 Å². The molecule has 0 bridgehead atoms. The summed E-state index contributed by atoms with van der Waals surface area (Å²) in [5, 5.41) is 12.6. The first-order chi connectivity index (χ1) is 11.9. The molecule has 6 nitrogen and oxygen atoms in total. The van der Waals surface area contributed by atoms with Crippen LogP contribution in [0.15, 0.2) is 0 Å². The first-order valence-corrected chi connectivity index (χ1v) is 9.53. The van der Waals surface area contributed by atoms with Crippen LogP contribution in [0.1, 0.15) is 64.7 Å². The number of hydrogen-bond donors (Lipinski definition) is 2. The van der Waals surface area contributed by atoms with Crippen molar-refractivity contribution in [1.29, 1.82) is 5.26 Å². The zero-order valence-electron chi connectivity index (χ0n) is 15.3. The molecule has 0 aromatic rings. The molecule has 2 aliphatic rings. The number of likely N-dealkylation sites (tertiary alicyclic amines) is 1. The minimum Gasteiger partial charge on any atom is -0.370 e. The van der Waals surface area contributed by atoms with Crippen molar-refractivity contribution in [2.24, 2.45) is 11.7 Å². The van der Waals surface area contributed by atoms with E-state index in [-0.39, 0.29) is 17.9 Å². The summed E-state index contributed by atoms with van der Waals surface area (Å²) in [6, 6.07) is 2.46. The van der Waals surface area contributed by atoms with E-state index in [9.17, 15) is 14.9 Å². The molecule has 3 N–H and O–H groups in total. The summed E-state index contributed by atoms with van der Waals surface area (Å²) in [7, 11) is 0. The van der Waals surface area contributed by atoms with E-state index < -0.39 is 5.54 Å². The second-order valence-electron chi connectivity index (χ2n) is 7.68. The fourth-order valence-electron chi connectivity index (χ4n) is 4.10. The molecule has 1 saturated carbocycles. The second-order valence-corrected chi connectivity index (χ2v) is 7.68. The third kappa shape index (κ3) is 6.00. The lowest BCUT2D eigenvalue weighted by molar-refractivity contribution is -0.120. The quantitative estimate of drug-likeness (QED) is 0.734. The number of carbonyl (C=O) groups is 2. The van der Waals surface area contributed by atoms with E-state index in [4.69, 9.17) is 5.73 Å². The average molecular weight is 347 g/mol. The van der Waals surface area contributed by atoms with E-state index in [0.717, 1.165) is 6.42 Å². The van der Waals surface area contributed by atoms with E-state index in [1.807, 2.05) is 6.92 Å². The van der Waals surface area contributed by atoms with Gasteiger partial charge in [0.15, 0.2) is 0 Å². The number of primary amides is 1. The third-order valence-electron chi connectivity index (χ3n) is 5.68. The van der Waals surface area contributed by atoms with Crippen LogP contribution in [0, 0.1) is 23.7 Å². The molecule has 1 aliphatic carbocycles. The largest absolute Gasteiger partial charge is 0.370 e. The Kier molecular flexibility index (Phi) is 7.24. The summed E-state index contributed by atoms with van der Waals surface area (Å²) < 4.78 is 0. The van der Waals surface area contributed by atoms with Gasteiger partial charge < -0.3 is 11.1 Å². The topological polar surface area (TPSA) is 99.2 Å². The minimum atomic E-state index is -0.803. The summed E-state index contributed by atoms with van der Waals surface area (Å²) in [6.07, 6.45) is 10.3. The summed E-state index contributed by atoms with van der Waals surface area (Å²) in [5.74, 6) is 0.187. The van der Waals surface area contributed by atoms with Gasteiger partial charge in [-0.25, -0.2) is 0 Å². The predicted octanol–water partition coefficient (Wildman–Crippen LogP) is 1.90. The van der Waals surface area contributed by atoms with Crippen molar-refractivity contribution in [3.05, 3.63) is 6.42 Å². The summed E-state index contributed by atoms with van der Waals surface area (Å²) in [4.78, 5) is 25.5. The minimum absolute atomic E-state index is 0.120. The molecule has 1 saturated heterocycles.